The van der Waals surface area contributed by atoms with Gasteiger partial charge < -0.3 is 0 Å². The van der Waals surface area contributed by atoms with Gasteiger partial charge in [0.05, 0.1) is 12.6 Å². The maximum atomic E-state index is 8.43. The van der Waals surface area contributed by atoms with Gasteiger partial charge in [0, 0.05) is 15.8 Å². The molecule has 0 radical (unpaired) electrons. The molecule has 0 aliphatic rings. The first-order valence-electron chi connectivity index (χ1n) is 4.32. The molecule has 0 aliphatic carbocycles. The summed E-state index contributed by atoms with van der Waals surface area (Å²) in [5.74, 6) is 0. The van der Waals surface area contributed by atoms with Crippen molar-refractivity contribution in [1.29, 1.82) is 5.26 Å². The number of aryl methyl sites for hydroxylation is 2. The first-order chi connectivity index (χ1) is 6.15. The van der Waals surface area contributed by atoms with Gasteiger partial charge in [-0.05, 0) is 32.4 Å². The molecule has 1 rings (SSSR count). The summed E-state index contributed by atoms with van der Waals surface area (Å²) in [6, 6.07) is 4.56. The summed E-state index contributed by atoms with van der Waals surface area (Å²) in [5, 5.41) is 11.6. The molecule has 70 valence electrons. The Bertz CT molecular complexity index is 322. The molecule has 13 heavy (non-hydrogen) atoms. The van der Waals surface area contributed by atoms with Crippen LogP contribution in [-0.2, 0) is 0 Å². The van der Waals surface area contributed by atoms with Gasteiger partial charge in [-0.15, -0.1) is 11.3 Å². The summed E-state index contributed by atoms with van der Waals surface area (Å²) in [4.78, 5) is 2.67. The molecule has 0 aromatic carbocycles. The number of nitrogens with zero attached hydrogens (tertiary/aromatic N) is 1. The number of nitrogens with one attached hydrogen (secondary N) is 1. The van der Waals surface area contributed by atoms with E-state index < -0.39 is 0 Å². The number of nitriles is 1. The zero-order valence-corrected chi connectivity index (χ0v) is 9.03. The molecule has 0 aliphatic heterocycles. The molecule has 0 fully saturated rings. The van der Waals surface area contributed by atoms with E-state index in [9.17, 15) is 0 Å². The van der Waals surface area contributed by atoms with Gasteiger partial charge in [-0.25, -0.2) is 0 Å². The summed E-state index contributed by atoms with van der Waals surface area (Å²) in [7, 11) is 0. The lowest BCUT2D eigenvalue weighted by atomic mass is 10.1. The molecular formula is C10H14N2S. The number of rotatable bonds is 3. The van der Waals surface area contributed by atoms with E-state index in [1.807, 2.05) is 11.3 Å². The van der Waals surface area contributed by atoms with Crippen molar-refractivity contribution in [3.05, 3.63) is 21.4 Å². The maximum absolute atomic E-state index is 8.43. The lowest BCUT2D eigenvalue weighted by Gasteiger charge is -2.10. The lowest BCUT2D eigenvalue weighted by molar-refractivity contribution is 0.620. The van der Waals surface area contributed by atoms with Crippen LogP contribution in [-0.4, -0.2) is 6.54 Å². The second kappa shape index (κ2) is 4.40. The van der Waals surface area contributed by atoms with Crippen molar-refractivity contribution in [3.8, 4) is 6.07 Å². The minimum Gasteiger partial charge on any atom is -0.298 e. The van der Waals surface area contributed by atoms with Crippen molar-refractivity contribution in [2.24, 2.45) is 0 Å². The predicted molar refractivity (Wildman–Crippen MR) is 55.8 cm³/mol. The second-order valence-corrected chi connectivity index (χ2v) is 4.59. The number of hydrogen-bond donors (Lipinski definition) is 1. The molecule has 1 unspecified atom stereocenters. The van der Waals surface area contributed by atoms with Gasteiger partial charge in [-0.1, -0.05) is 0 Å². The third kappa shape index (κ3) is 2.55. The van der Waals surface area contributed by atoms with Crippen LogP contribution in [0, 0.1) is 25.2 Å². The van der Waals surface area contributed by atoms with Crippen molar-refractivity contribution in [3.63, 3.8) is 0 Å². The van der Waals surface area contributed by atoms with E-state index in [0.29, 0.717) is 6.54 Å². The van der Waals surface area contributed by atoms with Crippen LogP contribution in [0.1, 0.15) is 28.3 Å². The third-order valence-electron chi connectivity index (χ3n) is 2.03. The standard InChI is InChI=1S/C10H14N2S/c1-7-6-10(9(3)13-7)8(2)12-5-4-11/h6,8,12H,5H2,1-3H3. The number of hydrogen-bond acceptors (Lipinski definition) is 3. The molecule has 1 heterocycles. The van der Waals surface area contributed by atoms with Crippen molar-refractivity contribution in [2.45, 2.75) is 26.8 Å². The van der Waals surface area contributed by atoms with Crippen LogP contribution in [0.5, 0.6) is 0 Å². The number of thiophene rings is 1. The van der Waals surface area contributed by atoms with E-state index in [1.165, 1.54) is 15.3 Å². The highest BCUT2D eigenvalue weighted by atomic mass is 32.1. The van der Waals surface area contributed by atoms with Crippen LogP contribution < -0.4 is 5.32 Å². The zero-order valence-electron chi connectivity index (χ0n) is 8.22. The first-order valence-corrected chi connectivity index (χ1v) is 5.14. The normalized spacial score (nSPS) is 12.5. The van der Waals surface area contributed by atoms with Crippen LogP contribution in [0.25, 0.3) is 0 Å². The smallest absolute Gasteiger partial charge is 0.0845 e. The molecule has 0 amide bonds. The first kappa shape index (κ1) is 10.2. The molecule has 0 spiro atoms. The van der Waals surface area contributed by atoms with Gasteiger partial charge in [-0.3, -0.25) is 5.32 Å². The van der Waals surface area contributed by atoms with Crippen molar-refractivity contribution < 1.29 is 0 Å². The van der Waals surface area contributed by atoms with Gasteiger partial charge in [0.2, 0.25) is 0 Å². The summed E-state index contributed by atoms with van der Waals surface area (Å²) in [6.45, 7) is 6.73. The average Bonchev–Trinajstić information content (AvgIpc) is 2.41. The highest BCUT2D eigenvalue weighted by molar-refractivity contribution is 7.12. The minimum atomic E-state index is 0.282. The quantitative estimate of drug-likeness (QED) is 0.751. The fraction of sp³-hybridized carbons (Fsp3) is 0.500. The topological polar surface area (TPSA) is 35.8 Å². The molecule has 1 atom stereocenters. The van der Waals surface area contributed by atoms with E-state index in [2.05, 4.69) is 38.2 Å². The zero-order chi connectivity index (χ0) is 9.84. The predicted octanol–water partition coefficient (Wildman–Crippen LogP) is 2.54. The summed E-state index contributed by atoms with van der Waals surface area (Å²) < 4.78 is 0. The van der Waals surface area contributed by atoms with Gasteiger partial charge >= 0.3 is 0 Å². The molecule has 1 aromatic rings. The Morgan fingerprint density at radius 3 is 2.77 bits per heavy atom. The van der Waals surface area contributed by atoms with Gasteiger partial charge in [-0.2, -0.15) is 5.26 Å². The fourth-order valence-electron chi connectivity index (χ4n) is 1.39. The lowest BCUT2D eigenvalue weighted by Crippen LogP contribution is -2.18. The third-order valence-corrected chi connectivity index (χ3v) is 3.01. The summed E-state index contributed by atoms with van der Waals surface area (Å²) in [5.41, 5.74) is 1.32. The van der Waals surface area contributed by atoms with Gasteiger partial charge in [0.25, 0.3) is 0 Å². The Morgan fingerprint density at radius 2 is 2.31 bits per heavy atom. The Balaban J connectivity index is 2.71. The van der Waals surface area contributed by atoms with Crippen LogP contribution >= 0.6 is 11.3 Å². The molecular weight excluding hydrogens is 180 g/mol. The van der Waals surface area contributed by atoms with E-state index in [4.69, 9.17) is 5.26 Å². The molecule has 1 N–H and O–H groups in total. The monoisotopic (exact) mass is 194 g/mol. The van der Waals surface area contributed by atoms with Crippen LogP contribution in [0.15, 0.2) is 6.07 Å². The van der Waals surface area contributed by atoms with Crippen LogP contribution in [0.2, 0.25) is 0 Å². The van der Waals surface area contributed by atoms with E-state index in [0.717, 1.165) is 0 Å². The summed E-state index contributed by atoms with van der Waals surface area (Å²) in [6.07, 6.45) is 0. The largest absolute Gasteiger partial charge is 0.298 e. The van der Waals surface area contributed by atoms with E-state index >= 15 is 0 Å². The Kier molecular flexibility index (Phi) is 3.47. The Hall–Kier alpha value is -0.850. The SMILES string of the molecule is Cc1cc(C(C)NCC#N)c(C)s1. The maximum Gasteiger partial charge on any atom is 0.0845 e. The van der Waals surface area contributed by atoms with E-state index in [-0.39, 0.29) is 6.04 Å². The minimum absolute atomic E-state index is 0.282. The van der Waals surface area contributed by atoms with Gasteiger partial charge in [0.15, 0.2) is 0 Å². The average molecular weight is 194 g/mol. The van der Waals surface area contributed by atoms with Crippen LogP contribution in [0.4, 0.5) is 0 Å². The van der Waals surface area contributed by atoms with E-state index in [1.54, 1.807) is 0 Å². The molecule has 0 saturated carbocycles. The molecule has 1 aromatic heterocycles. The molecule has 0 bridgehead atoms. The van der Waals surface area contributed by atoms with Crippen molar-refractivity contribution >= 4 is 11.3 Å². The molecule has 0 saturated heterocycles. The highest BCUT2D eigenvalue weighted by Crippen LogP contribution is 2.25. The van der Waals surface area contributed by atoms with Crippen molar-refractivity contribution in [1.82, 2.24) is 5.32 Å². The van der Waals surface area contributed by atoms with Crippen molar-refractivity contribution in [2.75, 3.05) is 6.54 Å². The second-order valence-electron chi connectivity index (χ2n) is 3.13. The summed E-state index contributed by atoms with van der Waals surface area (Å²) >= 11 is 1.81. The highest BCUT2D eigenvalue weighted by Gasteiger charge is 2.09. The van der Waals surface area contributed by atoms with Gasteiger partial charge in [0.1, 0.15) is 0 Å². The Labute approximate surface area is 83.2 Å². The fourth-order valence-corrected chi connectivity index (χ4v) is 2.41. The molecule has 2 nitrogen and oxygen atoms in total. The Morgan fingerprint density at radius 1 is 1.62 bits per heavy atom. The molecule has 3 heteroatoms. The van der Waals surface area contributed by atoms with Crippen LogP contribution in [0.3, 0.4) is 0 Å².